The van der Waals surface area contributed by atoms with Crippen molar-refractivity contribution in [2.75, 3.05) is 0 Å². The molecule has 0 unspecified atom stereocenters. The molecule has 0 bridgehead atoms. The van der Waals surface area contributed by atoms with Gasteiger partial charge in [-0.2, -0.15) is 5.10 Å². The van der Waals surface area contributed by atoms with Gasteiger partial charge in [0.05, 0.1) is 10.6 Å². The lowest BCUT2D eigenvalue weighted by Crippen LogP contribution is -2.27. The normalized spacial score (nSPS) is 12.7. The molecule has 0 amide bonds. The fraction of sp³-hybridized carbons (Fsp3) is 0.158. The lowest BCUT2D eigenvalue weighted by Gasteiger charge is -2.16. The summed E-state index contributed by atoms with van der Waals surface area (Å²) >= 11 is 0. The SMILES string of the molecule is Cc1ccc(-c2ccc(=O)[nH]n2)cc1S(=O)(=O)N[C@H](C)c1ccccc1. The number of aryl methyl sites for hydroxylation is 1. The van der Waals surface area contributed by atoms with Crippen LogP contribution in [0.4, 0.5) is 0 Å². The molecule has 0 aliphatic carbocycles. The molecule has 0 aliphatic rings. The Bertz CT molecular complexity index is 1060. The maximum atomic E-state index is 12.9. The molecule has 7 heteroatoms. The van der Waals surface area contributed by atoms with Crippen molar-refractivity contribution in [2.45, 2.75) is 24.8 Å². The average molecular weight is 369 g/mol. The van der Waals surface area contributed by atoms with Crippen LogP contribution < -0.4 is 10.3 Å². The third-order valence-electron chi connectivity index (χ3n) is 4.08. The molecule has 6 nitrogen and oxygen atoms in total. The van der Waals surface area contributed by atoms with Crippen molar-refractivity contribution in [3.8, 4) is 11.3 Å². The number of aromatic nitrogens is 2. The number of nitrogens with zero attached hydrogens (tertiary/aromatic N) is 1. The first-order valence-electron chi connectivity index (χ1n) is 8.11. The smallest absolute Gasteiger partial charge is 0.264 e. The van der Waals surface area contributed by atoms with E-state index in [0.29, 0.717) is 16.8 Å². The van der Waals surface area contributed by atoms with Gasteiger partial charge in [0.1, 0.15) is 0 Å². The molecule has 1 aromatic heterocycles. The van der Waals surface area contributed by atoms with Gasteiger partial charge in [0, 0.05) is 17.7 Å². The second-order valence-electron chi connectivity index (χ2n) is 6.04. The van der Waals surface area contributed by atoms with Crippen LogP contribution in [0.15, 0.2) is 70.4 Å². The van der Waals surface area contributed by atoms with Crippen molar-refractivity contribution in [1.82, 2.24) is 14.9 Å². The predicted octanol–water partition coefficient (Wildman–Crippen LogP) is 2.78. The molecule has 0 saturated heterocycles. The second-order valence-corrected chi connectivity index (χ2v) is 7.72. The highest BCUT2D eigenvalue weighted by atomic mass is 32.2. The van der Waals surface area contributed by atoms with E-state index in [1.54, 1.807) is 38.1 Å². The van der Waals surface area contributed by atoms with Crippen molar-refractivity contribution < 1.29 is 8.42 Å². The number of benzene rings is 2. The monoisotopic (exact) mass is 369 g/mol. The van der Waals surface area contributed by atoms with Crippen molar-refractivity contribution in [3.63, 3.8) is 0 Å². The van der Waals surface area contributed by atoms with Gasteiger partial charge in [-0.25, -0.2) is 18.2 Å². The zero-order chi connectivity index (χ0) is 18.7. The van der Waals surface area contributed by atoms with Crippen LogP contribution in [0.1, 0.15) is 24.1 Å². The Morgan fingerprint density at radius 3 is 2.42 bits per heavy atom. The first kappa shape index (κ1) is 18.0. The summed E-state index contributed by atoms with van der Waals surface area (Å²) in [5.41, 5.74) is 2.31. The molecule has 2 aromatic carbocycles. The van der Waals surface area contributed by atoms with Gasteiger partial charge >= 0.3 is 0 Å². The van der Waals surface area contributed by atoms with Crippen molar-refractivity contribution in [1.29, 1.82) is 0 Å². The topological polar surface area (TPSA) is 91.9 Å². The fourth-order valence-electron chi connectivity index (χ4n) is 2.66. The molecule has 26 heavy (non-hydrogen) atoms. The van der Waals surface area contributed by atoms with Crippen LogP contribution in [0.25, 0.3) is 11.3 Å². The summed E-state index contributed by atoms with van der Waals surface area (Å²) in [6.45, 7) is 3.54. The van der Waals surface area contributed by atoms with Gasteiger partial charge in [-0.1, -0.05) is 42.5 Å². The number of hydrogen-bond donors (Lipinski definition) is 2. The van der Waals surface area contributed by atoms with Crippen LogP contribution in [0, 0.1) is 6.92 Å². The largest absolute Gasteiger partial charge is 0.268 e. The highest BCUT2D eigenvalue weighted by Crippen LogP contribution is 2.24. The number of H-pyrrole nitrogens is 1. The van der Waals surface area contributed by atoms with E-state index in [9.17, 15) is 13.2 Å². The number of nitrogens with one attached hydrogen (secondary N) is 2. The quantitative estimate of drug-likeness (QED) is 0.723. The van der Waals surface area contributed by atoms with E-state index in [-0.39, 0.29) is 16.5 Å². The third kappa shape index (κ3) is 3.89. The summed E-state index contributed by atoms with van der Waals surface area (Å²) in [5, 5.41) is 6.31. The average Bonchev–Trinajstić information content (AvgIpc) is 2.63. The van der Waals surface area contributed by atoms with E-state index in [1.807, 2.05) is 30.3 Å². The molecule has 3 aromatic rings. The van der Waals surface area contributed by atoms with Crippen LogP contribution in [0.2, 0.25) is 0 Å². The predicted molar refractivity (Wildman–Crippen MR) is 100 cm³/mol. The standard InChI is InChI=1S/C19H19N3O3S/c1-13-8-9-16(17-10-11-19(23)21-20-17)12-18(13)26(24,25)22-14(2)15-6-4-3-5-7-15/h3-12,14,22H,1-2H3,(H,21,23)/t14-/m1/s1. The number of rotatable bonds is 5. The molecule has 0 fully saturated rings. The van der Waals surface area contributed by atoms with Crippen molar-refractivity contribution >= 4 is 10.0 Å². The minimum atomic E-state index is -3.73. The van der Waals surface area contributed by atoms with Crippen LogP contribution in [0.3, 0.4) is 0 Å². The van der Waals surface area contributed by atoms with Crippen LogP contribution in [0.5, 0.6) is 0 Å². The molecule has 0 spiro atoms. The Morgan fingerprint density at radius 1 is 1.04 bits per heavy atom. The lowest BCUT2D eigenvalue weighted by molar-refractivity contribution is 0.566. The van der Waals surface area contributed by atoms with Gasteiger partial charge in [0.15, 0.2) is 0 Å². The molecule has 0 saturated carbocycles. The summed E-state index contributed by atoms with van der Waals surface area (Å²) in [6.07, 6.45) is 0. The molecule has 1 heterocycles. The Labute approximate surface area is 152 Å². The molecular weight excluding hydrogens is 350 g/mol. The Morgan fingerprint density at radius 2 is 1.77 bits per heavy atom. The molecule has 1 atom stereocenters. The van der Waals surface area contributed by atoms with Crippen LogP contribution >= 0.6 is 0 Å². The zero-order valence-electron chi connectivity index (χ0n) is 14.4. The highest BCUT2D eigenvalue weighted by Gasteiger charge is 2.21. The van der Waals surface area contributed by atoms with Crippen molar-refractivity contribution in [3.05, 3.63) is 82.1 Å². The van der Waals surface area contributed by atoms with Gasteiger partial charge in [0.25, 0.3) is 5.56 Å². The molecule has 0 aliphatic heterocycles. The summed E-state index contributed by atoms with van der Waals surface area (Å²) in [5.74, 6) is 0. The Hall–Kier alpha value is -2.77. The molecule has 2 N–H and O–H groups in total. The van der Waals surface area contributed by atoms with Gasteiger partial charge in [0.2, 0.25) is 10.0 Å². The van der Waals surface area contributed by atoms with E-state index < -0.39 is 10.0 Å². The highest BCUT2D eigenvalue weighted by molar-refractivity contribution is 7.89. The summed E-state index contributed by atoms with van der Waals surface area (Å²) < 4.78 is 28.5. The Balaban J connectivity index is 1.95. The molecular formula is C19H19N3O3S. The maximum Gasteiger partial charge on any atom is 0.264 e. The first-order chi connectivity index (χ1) is 12.4. The number of sulfonamides is 1. The van der Waals surface area contributed by atoms with E-state index in [4.69, 9.17) is 0 Å². The van der Waals surface area contributed by atoms with Crippen LogP contribution in [-0.4, -0.2) is 18.6 Å². The molecule has 3 rings (SSSR count). The van der Waals surface area contributed by atoms with Gasteiger partial charge in [-0.3, -0.25) is 4.79 Å². The molecule has 0 radical (unpaired) electrons. The van der Waals surface area contributed by atoms with Gasteiger partial charge in [-0.15, -0.1) is 0 Å². The number of hydrogen-bond acceptors (Lipinski definition) is 4. The maximum absolute atomic E-state index is 12.9. The van der Waals surface area contributed by atoms with E-state index in [0.717, 1.165) is 5.56 Å². The lowest BCUT2D eigenvalue weighted by atomic mass is 10.1. The van der Waals surface area contributed by atoms with E-state index in [2.05, 4.69) is 14.9 Å². The minimum Gasteiger partial charge on any atom is -0.268 e. The van der Waals surface area contributed by atoms with E-state index >= 15 is 0 Å². The zero-order valence-corrected chi connectivity index (χ0v) is 15.2. The Kier molecular flexibility index (Phi) is 5.01. The van der Waals surface area contributed by atoms with Crippen LogP contribution in [-0.2, 0) is 10.0 Å². The second kappa shape index (κ2) is 7.23. The number of aromatic amines is 1. The van der Waals surface area contributed by atoms with Crippen molar-refractivity contribution in [2.24, 2.45) is 0 Å². The summed E-state index contributed by atoms with van der Waals surface area (Å²) in [6, 6.07) is 17.0. The van der Waals surface area contributed by atoms with Gasteiger partial charge < -0.3 is 0 Å². The minimum absolute atomic E-state index is 0.186. The first-order valence-corrected chi connectivity index (χ1v) is 9.59. The molecule has 134 valence electrons. The fourth-order valence-corrected chi connectivity index (χ4v) is 4.16. The summed E-state index contributed by atoms with van der Waals surface area (Å²) in [7, 11) is -3.73. The summed E-state index contributed by atoms with van der Waals surface area (Å²) in [4.78, 5) is 11.4. The van der Waals surface area contributed by atoms with Gasteiger partial charge in [-0.05, 0) is 37.1 Å². The van der Waals surface area contributed by atoms with E-state index in [1.165, 1.54) is 6.07 Å². The third-order valence-corrected chi connectivity index (χ3v) is 5.77.